The maximum atomic E-state index is 13.1. The van der Waals surface area contributed by atoms with Gasteiger partial charge < -0.3 is 10.6 Å². The number of nitrogens with zero attached hydrogens (tertiary/aromatic N) is 6. The highest BCUT2D eigenvalue weighted by molar-refractivity contribution is 7.91. The Bertz CT molecular complexity index is 1610. The van der Waals surface area contributed by atoms with Crippen LogP contribution in [0.3, 0.4) is 0 Å². The van der Waals surface area contributed by atoms with Crippen molar-refractivity contribution in [3.63, 3.8) is 0 Å². The highest BCUT2D eigenvalue weighted by atomic mass is 32.2. The summed E-state index contributed by atoms with van der Waals surface area (Å²) >= 11 is 0. The zero-order chi connectivity index (χ0) is 26.1. The number of piperazine rings is 1. The number of anilines is 2. The number of hydrogen-bond donors (Lipinski definition) is 1. The van der Waals surface area contributed by atoms with Gasteiger partial charge in [0, 0.05) is 26.2 Å². The summed E-state index contributed by atoms with van der Waals surface area (Å²) in [7, 11) is -3.88. The summed E-state index contributed by atoms with van der Waals surface area (Å²) in [5.41, 5.74) is 8.64. The number of nitrogens with two attached hydrogens (primary N) is 1. The first-order chi connectivity index (χ1) is 18.5. The van der Waals surface area contributed by atoms with E-state index in [-0.39, 0.29) is 27.4 Å². The molecule has 5 aromatic rings. The molecule has 0 amide bonds. The Morgan fingerprint density at radius 1 is 0.737 bits per heavy atom. The molecule has 2 aromatic heterocycles. The molecule has 0 bridgehead atoms. The molecule has 0 saturated carbocycles. The smallest absolute Gasteiger partial charge is 0.255 e. The largest absolute Gasteiger partial charge is 0.395 e. The van der Waals surface area contributed by atoms with Crippen LogP contribution in [0.25, 0.3) is 5.78 Å². The molecular formula is C28H27N7O2S. The molecule has 38 heavy (non-hydrogen) atoms. The molecule has 1 fully saturated rings. The molecule has 1 aliphatic rings. The number of hydrogen-bond acceptors (Lipinski definition) is 8. The molecular weight excluding hydrogens is 498 g/mol. The van der Waals surface area contributed by atoms with Crippen LogP contribution in [-0.4, -0.2) is 59.1 Å². The van der Waals surface area contributed by atoms with Crippen LogP contribution in [0, 0.1) is 0 Å². The van der Waals surface area contributed by atoms with Gasteiger partial charge in [-0.1, -0.05) is 78.9 Å². The second-order valence-corrected chi connectivity index (χ2v) is 11.1. The summed E-state index contributed by atoms with van der Waals surface area (Å²) in [6.45, 7) is 3.07. The van der Waals surface area contributed by atoms with Crippen LogP contribution in [0.1, 0.15) is 17.2 Å². The number of rotatable bonds is 6. The molecule has 0 spiro atoms. The topological polar surface area (TPSA) is 110 Å². The SMILES string of the molecule is Nc1cn2nc(N3CCN(C(c4ccccc4)c4ccccc4)CC3)nc2nc1S(=O)(=O)c1ccccc1. The molecule has 0 aliphatic carbocycles. The van der Waals surface area contributed by atoms with Gasteiger partial charge in [-0.3, -0.25) is 4.90 Å². The number of fused-ring (bicyclic) bond motifs is 1. The minimum absolute atomic E-state index is 0.0242. The highest BCUT2D eigenvalue weighted by Crippen LogP contribution is 2.30. The summed E-state index contributed by atoms with van der Waals surface area (Å²) in [5, 5.41) is 4.34. The Morgan fingerprint density at radius 2 is 1.29 bits per heavy atom. The lowest BCUT2D eigenvalue weighted by atomic mass is 9.96. The molecule has 10 heteroatoms. The van der Waals surface area contributed by atoms with Gasteiger partial charge in [0.05, 0.1) is 22.8 Å². The summed E-state index contributed by atoms with van der Waals surface area (Å²) in [6, 6.07) is 29.3. The summed E-state index contributed by atoms with van der Waals surface area (Å²) in [6.07, 6.45) is 1.46. The van der Waals surface area contributed by atoms with Gasteiger partial charge in [-0.2, -0.15) is 9.97 Å². The van der Waals surface area contributed by atoms with Crippen LogP contribution in [0.5, 0.6) is 0 Å². The third-order valence-electron chi connectivity index (χ3n) is 6.81. The van der Waals surface area contributed by atoms with Crippen molar-refractivity contribution in [2.75, 3.05) is 36.8 Å². The molecule has 2 N–H and O–H groups in total. The average molecular weight is 526 g/mol. The first-order valence-corrected chi connectivity index (χ1v) is 13.9. The monoisotopic (exact) mass is 525 g/mol. The summed E-state index contributed by atoms with van der Waals surface area (Å²) < 4.78 is 27.7. The minimum atomic E-state index is -3.88. The molecule has 192 valence electrons. The Kier molecular flexibility index (Phi) is 6.26. The van der Waals surface area contributed by atoms with Gasteiger partial charge in [-0.15, -0.1) is 5.10 Å². The van der Waals surface area contributed by atoms with E-state index in [4.69, 9.17) is 5.73 Å². The molecule has 0 radical (unpaired) electrons. The molecule has 6 rings (SSSR count). The van der Waals surface area contributed by atoms with E-state index < -0.39 is 9.84 Å². The van der Waals surface area contributed by atoms with Crippen molar-refractivity contribution in [3.8, 4) is 0 Å². The van der Waals surface area contributed by atoms with Crippen molar-refractivity contribution >= 4 is 27.3 Å². The molecule has 9 nitrogen and oxygen atoms in total. The van der Waals surface area contributed by atoms with Crippen LogP contribution < -0.4 is 10.6 Å². The molecule has 0 atom stereocenters. The van der Waals surface area contributed by atoms with Crippen LogP contribution in [-0.2, 0) is 9.84 Å². The fourth-order valence-corrected chi connectivity index (χ4v) is 6.24. The fraction of sp³-hybridized carbons (Fsp3) is 0.179. The van der Waals surface area contributed by atoms with E-state index >= 15 is 0 Å². The van der Waals surface area contributed by atoms with Crippen molar-refractivity contribution in [1.29, 1.82) is 0 Å². The summed E-state index contributed by atoms with van der Waals surface area (Å²) in [4.78, 5) is 13.6. The normalized spacial score (nSPS) is 14.8. The minimum Gasteiger partial charge on any atom is -0.395 e. The zero-order valence-electron chi connectivity index (χ0n) is 20.6. The molecule has 3 aromatic carbocycles. The predicted octanol–water partition coefficient (Wildman–Crippen LogP) is 3.45. The number of nitrogen functional groups attached to an aromatic ring is 1. The Labute approximate surface area is 221 Å². The lowest BCUT2D eigenvalue weighted by Crippen LogP contribution is -2.48. The third kappa shape index (κ3) is 4.48. The maximum Gasteiger partial charge on any atom is 0.255 e. The lowest BCUT2D eigenvalue weighted by molar-refractivity contribution is 0.211. The average Bonchev–Trinajstić information content (AvgIpc) is 3.38. The van der Waals surface area contributed by atoms with Gasteiger partial charge in [-0.05, 0) is 23.3 Å². The molecule has 1 saturated heterocycles. The third-order valence-corrected chi connectivity index (χ3v) is 8.54. The van der Waals surface area contributed by atoms with E-state index in [9.17, 15) is 8.42 Å². The quantitative estimate of drug-likeness (QED) is 0.336. The van der Waals surface area contributed by atoms with Crippen molar-refractivity contribution in [3.05, 3.63) is 108 Å². The Morgan fingerprint density at radius 3 is 1.87 bits per heavy atom. The second kappa shape index (κ2) is 9.88. The van der Waals surface area contributed by atoms with Crippen molar-refractivity contribution in [1.82, 2.24) is 24.5 Å². The standard InChI is InChI=1S/C28H27N7O2S/c29-24-20-35-27(30-26(24)38(36,37)23-14-8-3-9-15-23)31-28(32-35)34-18-16-33(17-19-34)25(21-10-4-1-5-11-21)22-12-6-2-7-13-22/h1-15,20,25H,16-19,29H2. The van der Waals surface area contributed by atoms with E-state index in [1.165, 1.54) is 34.0 Å². The molecule has 3 heterocycles. The van der Waals surface area contributed by atoms with Crippen molar-refractivity contribution in [2.45, 2.75) is 16.0 Å². The zero-order valence-corrected chi connectivity index (χ0v) is 21.4. The fourth-order valence-electron chi connectivity index (χ4n) is 4.93. The first kappa shape index (κ1) is 24.1. The van der Waals surface area contributed by atoms with Gasteiger partial charge in [0.1, 0.15) is 0 Å². The van der Waals surface area contributed by atoms with E-state index in [0.717, 1.165) is 26.2 Å². The first-order valence-electron chi connectivity index (χ1n) is 12.4. The van der Waals surface area contributed by atoms with Gasteiger partial charge in [0.25, 0.3) is 5.78 Å². The van der Waals surface area contributed by atoms with Gasteiger partial charge in [0.2, 0.25) is 15.8 Å². The van der Waals surface area contributed by atoms with E-state index in [2.05, 4.69) is 73.4 Å². The molecule has 0 unspecified atom stereocenters. The summed E-state index contributed by atoms with van der Waals surface area (Å²) in [5.74, 6) is 0.694. The second-order valence-electron chi connectivity index (χ2n) is 9.22. The Balaban J connectivity index is 1.25. The van der Waals surface area contributed by atoms with Crippen LogP contribution in [0.2, 0.25) is 0 Å². The lowest BCUT2D eigenvalue weighted by Gasteiger charge is -2.39. The highest BCUT2D eigenvalue weighted by Gasteiger charge is 2.29. The van der Waals surface area contributed by atoms with E-state index in [0.29, 0.717) is 5.95 Å². The van der Waals surface area contributed by atoms with Crippen molar-refractivity contribution < 1.29 is 8.42 Å². The van der Waals surface area contributed by atoms with Gasteiger partial charge in [-0.25, -0.2) is 12.9 Å². The van der Waals surface area contributed by atoms with Crippen LogP contribution in [0.4, 0.5) is 11.6 Å². The maximum absolute atomic E-state index is 13.1. The number of sulfone groups is 1. The van der Waals surface area contributed by atoms with Gasteiger partial charge in [0.15, 0.2) is 5.03 Å². The van der Waals surface area contributed by atoms with Gasteiger partial charge >= 0.3 is 0 Å². The van der Waals surface area contributed by atoms with E-state index in [1.54, 1.807) is 18.2 Å². The molecule has 1 aliphatic heterocycles. The predicted molar refractivity (Wildman–Crippen MR) is 146 cm³/mol. The van der Waals surface area contributed by atoms with Crippen LogP contribution in [0.15, 0.2) is 107 Å². The number of benzene rings is 3. The van der Waals surface area contributed by atoms with E-state index in [1.807, 2.05) is 12.1 Å². The van der Waals surface area contributed by atoms with Crippen LogP contribution >= 0.6 is 0 Å². The Hall–Kier alpha value is -4.28. The van der Waals surface area contributed by atoms with Crippen molar-refractivity contribution in [2.24, 2.45) is 0 Å². The number of aromatic nitrogens is 4.